The Morgan fingerprint density at radius 1 is 1.12 bits per heavy atom. The van der Waals surface area contributed by atoms with Crippen molar-refractivity contribution in [2.45, 2.75) is 0 Å². The van der Waals surface area contributed by atoms with Crippen molar-refractivity contribution in [2.24, 2.45) is 0 Å². The molecule has 0 aliphatic carbocycles. The fraction of sp³-hybridized carbons (Fsp3) is 0.111. The fourth-order valence-electron chi connectivity index (χ4n) is 2.35. The Balaban J connectivity index is 1.84. The normalized spacial score (nSPS) is 10.5. The van der Waals surface area contributed by atoms with Crippen LogP contribution in [0.25, 0.3) is 11.3 Å². The molecule has 8 heteroatoms. The third kappa shape index (κ3) is 3.62. The van der Waals surface area contributed by atoms with Crippen molar-refractivity contribution in [3.63, 3.8) is 0 Å². The number of nitrogens with one attached hydrogen (secondary N) is 2. The molecule has 0 saturated carbocycles. The molecule has 134 valence electrons. The van der Waals surface area contributed by atoms with Gasteiger partial charge >= 0.3 is 0 Å². The standard InChI is InChI=1S/C18H15ClFN3O3/c1-25-16-9-14(17(26-2)7-12(16)19)21-18(24)15-8-13(22-23-15)10-3-5-11(20)6-4-10/h3-9H,1-2H3,(H,21,24)(H,22,23). The van der Waals surface area contributed by atoms with Gasteiger partial charge in [0.25, 0.3) is 5.91 Å². The van der Waals surface area contributed by atoms with E-state index in [0.29, 0.717) is 33.5 Å². The molecule has 26 heavy (non-hydrogen) atoms. The summed E-state index contributed by atoms with van der Waals surface area (Å²) in [5.74, 6) is 0.0290. The third-order valence-electron chi connectivity index (χ3n) is 3.68. The average Bonchev–Trinajstić information content (AvgIpc) is 3.13. The molecule has 0 saturated heterocycles. The number of anilines is 1. The van der Waals surface area contributed by atoms with Gasteiger partial charge in [0.05, 0.1) is 30.6 Å². The first-order valence-electron chi connectivity index (χ1n) is 7.56. The highest BCUT2D eigenvalue weighted by Gasteiger charge is 2.16. The molecule has 0 radical (unpaired) electrons. The zero-order valence-electron chi connectivity index (χ0n) is 14.0. The number of nitrogens with zero attached hydrogens (tertiary/aromatic N) is 1. The lowest BCUT2D eigenvalue weighted by Gasteiger charge is -2.12. The minimum Gasteiger partial charge on any atom is -0.495 e. The molecule has 0 bridgehead atoms. The maximum absolute atomic E-state index is 13.0. The number of carbonyl (C=O) groups is 1. The Bertz CT molecular complexity index is 941. The van der Waals surface area contributed by atoms with Crippen LogP contribution in [-0.2, 0) is 0 Å². The van der Waals surface area contributed by atoms with E-state index in [1.54, 1.807) is 30.3 Å². The van der Waals surface area contributed by atoms with Gasteiger partial charge in [-0.05, 0) is 30.3 Å². The summed E-state index contributed by atoms with van der Waals surface area (Å²) >= 11 is 6.06. The molecule has 0 aliphatic heterocycles. The average molecular weight is 376 g/mol. The van der Waals surface area contributed by atoms with E-state index in [4.69, 9.17) is 21.1 Å². The number of aromatic amines is 1. The van der Waals surface area contributed by atoms with Gasteiger partial charge in [0.1, 0.15) is 23.0 Å². The molecule has 3 rings (SSSR count). The topological polar surface area (TPSA) is 76.2 Å². The van der Waals surface area contributed by atoms with Crippen LogP contribution in [0.3, 0.4) is 0 Å². The molecular formula is C18H15ClFN3O3. The van der Waals surface area contributed by atoms with Gasteiger partial charge in [-0.1, -0.05) is 11.6 Å². The number of methoxy groups -OCH3 is 2. The zero-order valence-corrected chi connectivity index (χ0v) is 14.7. The molecule has 2 N–H and O–H groups in total. The van der Waals surface area contributed by atoms with E-state index in [2.05, 4.69) is 15.5 Å². The smallest absolute Gasteiger partial charge is 0.273 e. The van der Waals surface area contributed by atoms with Gasteiger partial charge in [-0.25, -0.2) is 4.39 Å². The molecule has 1 aromatic heterocycles. The quantitative estimate of drug-likeness (QED) is 0.702. The predicted octanol–water partition coefficient (Wildman–Crippen LogP) is 4.14. The largest absolute Gasteiger partial charge is 0.495 e. The van der Waals surface area contributed by atoms with Crippen LogP contribution < -0.4 is 14.8 Å². The van der Waals surface area contributed by atoms with Crippen molar-refractivity contribution < 1.29 is 18.7 Å². The molecule has 6 nitrogen and oxygen atoms in total. The summed E-state index contributed by atoms with van der Waals surface area (Å²) in [5, 5.41) is 9.83. The molecule has 0 unspecified atom stereocenters. The van der Waals surface area contributed by atoms with Crippen LogP contribution in [0.15, 0.2) is 42.5 Å². The van der Waals surface area contributed by atoms with Gasteiger partial charge in [-0.3, -0.25) is 9.89 Å². The molecule has 0 atom stereocenters. The highest BCUT2D eigenvalue weighted by molar-refractivity contribution is 6.32. The van der Waals surface area contributed by atoms with Gasteiger partial charge in [-0.2, -0.15) is 5.10 Å². The second-order valence-electron chi connectivity index (χ2n) is 5.31. The van der Waals surface area contributed by atoms with Crippen molar-refractivity contribution >= 4 is 23.2 Å². The van der Waals surface area contributed by atoms with Gasteiger partial charge in [0, 0.05) is 17.7 Å². The van der Waals surface area contributed by atoms with E-state index in [9.17, 15) is 9.18 Å². The first-order chi connectivity index (χ1) is 12.5. The first-order valence-corrected chi connectivity index (χ1v) is 7.94. The Morgan fingerprint density at radius 3 is 2.46 bits per heavy atom. The van der Waals surface area contributed by atoms with E-state index in [-0.39, 0.29) is 11.5 Å². The van der Waals surface area contributed by atoms with Crippen molar-refractivity contribution in [3.8, 4) is 22.8 Å². The zero-order chi connectivity index (χ0) is 18.7. The van der Waals surface area contributed by atoms with E-state index >= 15 is 0 Å². The first kappa shape index (κ1) is 17.8. The summed E-state index contributed by atoms with van der Waals surface area (Å²) in [4.78, 5) is 12.5. The number of hydrogen-bond donors (Lipinski definition) is 2. The molecular weight excluding hydrogens is 361 g/mol. The monoisotopic (exact) mass is 375 g/mol. The van der Waals surface area contributed by atoms with E-state index in [1.165, 1.54) is 26.4 Å². The number of benzene rings is 2. The summed E-state index contributed by atoms with van der Waals surface area (Å²) in [6, 6.07) is 10.5. The van der Waals surface area contributed by atoms with Gasteiger partial charge in [0.2, 0.25) is 0 Å². The van der Waals surface area contributed by atoms with Crippen LogP contribution in [0.4, 0.5) is 10.1 Å². The predicted molar refractivity (Wildman–Crippen MR) is 96.5 cm³/mol. The van der Waals surface area contributed by atoms with Crippen LogP contribution in [0.5, 0.6) is 11.5 Å². The Kier molecular flexibility index (Phi) is 5.09. The van der Waals surface area contributed by atoms with Crippen molar-refractivity contribution in [1.82, 2.24) is 10.2 Å². The number of ether oxygens (including phenoxy) is 2. The van der Waals surface area contributed by atoms with Crippen molar-refractivity contribution in [2.75, 3.05) is 19.5 Å². The van der Waals surface area contributed by atoms with E-state index in [1.807, 2.05) is 0 Å². The van der Waals surface area contributed by atoms with Crippen LogP contribution in [0.1, 0.15) is 10.5 Å². The second-order valence-corrected chi connectivity index (χ2v) is 5.72. The fourth-order valence-corrected chi connectivity index (χ4v) is 2.59. The van der Waals surface area contributed by atoms with Crippen molar-refractivity contribution in [3.05, 3.63) is 59.0 Å². The van der Waals surface area contributed by atoms with Crippen LogP contribution in [0, 0.1) is 5.82 Å². The van der Waals surface area contributed by atoms with Gasteiger partial charge in [0.15, 0.2) is 0 Å². The van der Waals surface area contributed by atoms with Crippen LogP contribution in [-0.4, -0.2) is 30.3 Å². The van der Waals surface area contributed by atoms with E-state index in [0.717, 1.165) is 0 Å². The Labute approximate surface area is 153 Å². The number of H-pyrrole nitrogens is 1. The molecule has 2 aromatic carbocycles. The molecule has 0 aliphatic rings. The van der Waals surface area contributed by atoms with Gasteiger partial charge < -0.3 is 14.8 Å². The highest BCUT2D eigenvalue weighted by atomic mass is 35.5. The highest BCUT2D eigenvalue weighted by Crippen LogP contribution is 2.36. The number of hydrogen-bond acceptors (Lipinski definition) is 4. The van der Waals surface area contributed by atoms with Crippen molar-refractivity contribution in [1.29, 1.82) is 0 Å². The lowest BCUT2D eigenvalue weighted by atomic mass is 10.1. The molecule has 1 heterocycles. The van der Waals surface area contributed by atoms with Crippen LogP contribution in [0.2, 0.25) is 5.02 Å². The van der Waals surface area contributed by atoms with Gasteiger partial charge in [-0.15, -0.1) is 0 Å². The van der Waals surface area contributed by atoms with Crippen LogP contribution >= 0.6 is 11.6 Å². The SMILES string of the molecule is COc1cc(NC(=O)c2cc(-c3ccc(F)cc3)n[nH]2)c(OC)cc1Cl. The Morgan fingerprint density at radius 2 is 1.81 bits per heavy atom. The summed E-state index contributed by atoms with van der Waals surface area (Å²) in [5.41, 5.74) is 1.85. The molecule has 0 spiro atoms. The third-order valence-corrected chi connectivity index (χ3v) is 3.98. The summed E-state index contributed by atoms with van der Waals surface area (Å²) in [6.45, 7) is 0. The van der Waals surface area contributed by atoms with E-state index < -0.39 is 5.91 Å². The minimum atomic E-state index is -0.423. The number of carbonyl (C=O) groups excluding carboxylic acids is 1. The number of rotatable bonds is 5. The molecule has 3 aromatic rings. The lowest BCUT2D eigenvalue weighted by Crippen LogP contribution is -2.13. The Hall–Kier alpha value is -3.06. The molecule has 1 amide bonds. The summed E-state index contributed by atoms with van der Waals surface area (Å²) in [7, 11) is 2.94. The summed E-state index contributed by atoms with van der Waals surface area (Å²) < 4.78 is 23.4. The minimum absolute atomic E-state index is 0.236. The number of amides is 1. The maximum atomic E-state index is 13.0. The number of halogens is 2. The summed E-state index contributed by atoms with van der Waals surface area (Å²) in [6.07, 6.45) is 0. The lowest BCUT2D eigenvalue weighted by molar-refractivity contribution is 0.102. The maximum Gasteiger partial charge on any atom is 0.273 e. The molecule has 0 fully saturated rings. The number of aromatic nitrogens is 2. The second kappa shape index (κ2) is 7.45.